The quantitative estimate of drug-likeness (QED) is 0.511. The number of carbonyl (C=O) groups is 1. The van der Waals surface area contributed by atoms with Crippen LogP contribution >= 0.6 is 0 Å². The highest BCUT2D eigenvalue weighted by molar-refractivity contribution is 5.98. The minimum absolute atomic E-state index is 0.0967. The van der Waals surface area contributed by atoms with Crippen LogP contribution in [0.5, 0.6) is 0 Å². The second kappa shape index (κ2) is 9.17. The number of allylic oxidation sites excluding steroid dienone is 1. The fraction of sp³-hybridized carbons (Fsp3) is 0.500. The lowest BCUT2D eigenvalue weighted by Crippen LogP contribution is -2.45. The molecule has 3 aliphatic heterocycles. The summed E-state index contributed by atoms with van der Waals surface area (Å²) >= 11 is 0. The fourth-order valence-electron chi connectivity index (χ4n) is 4.80. The molecule has 9 heteroatoms. The number of aliphatic hydroxyl groups is 1. The Balaban J connectivity index is 1.35. The van der Waals surface area contributed by atoms with Gasteiger partial charge in [0.1, 0.15) is 0 Å². The molecule has 1 aromatic heterocycles. The highest BCUT2D eigenvalue weighted by Gasteiger charge is 2.29. The maximum Gasteiger partial charge on any atom is 0.251 e. The zero-order chi connectivity index (χ0) is 22.9. The number of rotatable bonds is 7. The van der Waals surface area contributed by atoms with Gasteiger partial charge >= 0.3 is 0 Å². The number of amides is 1. The van der Waals surface area contributed by atoms with E-state index in [-0.39, 0.29) is 12.0 Å². The standard InChI is InChI=1S/C24H32N6O3/c1-3-20(27-16-10-26-30(12-16)17-13-29(2)14-17)22-19-9-15(6-7-21(19)28-24(22)32)23(31)25-11-18-5-4-8-33-18/h6-7,9-10,12,17-18,24,27-28,32H,3-5,8,11,13-14H2,1-2H3,(H,25,31)/b22-20-/t18-,24?/m1/s1. The predicted molar refractivity (Wildman–Crippen MR) is 127 cm³/mol. The topological polar surface area (TPSA) is 104 Å². The number of fused-ring (bicyclic) bond motifs is 1. The van der Waals surface area contributed by atoms with Crippen molar-refractivity contribution in [3.63, 3.8) is 0 Å². The van der Waals surface area contributed by atoms with Crippen molar-refractivity contribution in [2.24, 2.45) is 0 Å². The molecule has 5 rings (SSSR count). The predicted octanol–water partition coefficient (Wildman–Crippen LogP) is 2.26. The second-order valence-electron chi connectivity index (χ2n) is 9.11. The van der Waals surface area contributed by atoms with Gasteiger partial charge in [-0.25, -0.2) is 0 Å². The Kier molecular flexibility index (Phi) is 6.09. The molecule has 0 aliphatic carbocycles. The van der Waals surface area contributed by atoms with Crippen molar-refractivity contribution in [3.8, 4) is 0 Å². The average Bonchev–Trinajstić information content (AvgIpc) is 3.53. The number of likely N-dealkylation sites (N-methyl/N-ethyl adjacent to an activating group) is 1. The summed E-state index contributed by atoms with van der Waals surface area (Å²) in [4.78, 5) is 15.0. The van der Waals surface area contributed by atoms with Gasteiger partial charge in [-0.2, -0.15) is 5.10 Å². The van der Waals surface area contributed by atoms with E-state index in [1.165, 1.54) is 0 Å². The van der Waals surface area contributed by atoms with Gasteiger partial charge in [0, 0.05) is 60.5 Å². The SMILES string of the molecule is CC/C(Nc1cnn(C2CN(C)C2)c1)=C1\c2cc(C(=O)NC[C@H]3CCCO3)ccc2NC1O. The first-order valence-corrected chi connectivity index (χ1v) is 11.7. The number of aromatic nitrogens is 2. The number of aliphatic hydroxyl groups excluding tert-OH is 1. The number of nitrogens with one attached hydrogen (secondary N) is 3. The first-order valence-electron chi connectivity index (χ1n) is 11.7. The van der Waals surface area contributed by atoms with Gasteiger partial charge < -0.3 is 30.7 Å². The molecule has 4 heterocycles. The molecule has 2 saturated heterocycles. The summed E-state index contributed by atoms with van der Waals surface area (Å²) in [5, 5.41) is 24.8. The maximum atomic E-state index is 12.7. The molecule has 2 aromatic rings. The third-order valence-corrected chi connectivity index (χ3v) is 6.65. The monoisotopic (exact) mass is 452 g/mol. The van der Waals surface area contributed by atoms with Crippen LogP contribution in [0.4, 0.5) is 11.4 Å². The Morgan fingerprint density at radius 1 is 1.36 bits per heavy atom. The number of hydrogen-bond donors (Lipinski definition) is 4. The highest BCUT2D eigenvalue weighted by atomic mass is 16.5. The van der Waals surface area contributed by atoms with Crippen LogP contribution in [0.25, 0.3) is 5.57 Å². The largest absolute Gasteiger partial charge is 0.376 e. The molecule has 33 heavy (non-hydrogen) atoms. The van der Waals surface area contributed by atoms with Crippen molar-refractivity contribution >= 4 is 22.9 Å². The second-order valence-corrected chi connectivity index (χ2v) is 9.11. The van der Waals surface area contributed by atoms with E-state index in [2.05, 4.69) is 33.0 Å². The molecule has 1 unspecified atom stereocenters. The first kappa shape index (κ1) is 21.9. The zero-order valence-electron chi connectivity index (χ0n) is 19.2. The first-order chi connectivity index (χ1) is 16.0. The molecule has 2 fully saturated rings. The number of carbonyl (C=O) groups excluding carboxylic acids is 1. The van der Waals surface area contributed by atoms with Gasteiger partial charge in [0.2, 0.25) is 0 Å². The molecule has 176 valence electrons. The van der Waals surface area contributed by atoms with Gasteiger partial charge in [-0.3, -0.25) is 9.48 Å². The van der Waals surface area contributed by atoms with Crippen molar-refractivity contribution in [3.05, 3.63) is 47.4 Å². The van der Waals surface area contributed by atoms with E-state index in [1.807, 2.05) is 36.1 Å². The summed E-state index contributed by atoms with van der Waals surface area (Å²) < 4.78 is 7.59. The average molecular weight is 453 g/mol. The summed E-state index contributed by atoms with van der Waals surface area (Å²) in [5.74, 6) is -0.133. The molecule has 1 amide bonds. The van der Waals surface area contributed by atoms with Crippen molar-refractivity contribution in [1.29, 1.82) is 0 Å². The van der Waals surface area contributed by atoms with Gasteiger partial charge in [-0.1, -0.05) is 6.92 Å². The summed E-state index contributed by atoms with van der Waals surface area (Å²) in [7, 11) is 2.10. The van der Waals surface area contributed by atoms with Crippen molar-refractivity contribution in [2.45, 2.75) is 44.6 Å². The van der Waals surface area contributed by atoms with E-state index in [0.717, 1.165) is 60.7 Å². The minimum atomic E-state index is -0.844. The molecule has 0 spiro atoms. The molecule has 0 bridgehead atoms. The van der Waals surface area contributed by atoms with E-state index in [1.54, 1.807) is 6.07 Å². The van der Waals surface area contributed by atoms with Crippen molar-refractivity contribution in [2.75, 3.05) is 43.9 Å². The summed E-state index contributed by atoms with van der Waals surface area (Å²) in [5.41, 5.74) is 4.77. The van der Waals surface area contributed by atoms with E-state index in [9.17, 15) is 9.90 Å². The normalized spacial score (nSPS) is 24.2. The van der Waals surface area contributed by atoms with Gasteiger partial charge in [-0.05, 0) is 44.5 Å². The molecule has 1 aromatic carbocycles. The number of hydrogen-bond acceptors (Lipinski definition) is 7. The maximum absolute atomic E-state index is 12.7. The molecular formula is C24H32N6O3. The van der Waals surface area contributed by atoms with E-state index in [4.69, 9.17) is 4.74 Å². The lowest BCUT2D eigenvalue weighted by atomic mass is 10.00. The van der Waals surface area contributed by atoms with Crippen LogP contribution in [-0.4, -0.2) is 71.3 Å². The van der Waals surface area contributed by atoms with E-state index in [0.29, 0.717) is 24.6 Å². The van der Waals surface area contributed by atoms with Crippen LogP contribution in [-0.2, 0) is 4.74 Å². The van der Waals surface area contributed by atoms with Crippen LogP contribution in [0.15, 0.2) is 36.3 Å². The van der Waals surface area contributed by atoms with Crippen molar-refractivity contribution < 1.29 is 14.6 Å². The van der Waals surface area contributed by atoms with Crippen LogP contribution in [0.1, 0.15) is 48.1 Å². The number of ether oxygens (including phenoxy) is 1. The van der Waals surface area contributed by atoms with E-state index < -0.39 is 6.23 Å². The summed E-state index contributed by atoms with van der Waals surface area (Å²) in [6, 6.07) is 5.89. The Bertz CT molecular complexity index is 1050. The summed E-state index contributed by atoms with van der Waals surface area (Å²) in [6.45, 7) is 5.32. The third-order valence-electron chi connectivity index (χ3n) is 6.65. The van der Waals surface area contributed by atoms with Gasteiger partial charge in [0.25, 0.3) is 5.91 Å². The molecule has 3 aliphatic rings. The minimum Gasteiger partial charge on any atom is -0.376 e. The molecule has 0 radical (unpaired) electrons. The number of anilines is 2. The van der Waals surface area contributed by atoms with Gasteiger partial charge in [0.15, 0.2) is 6.23 Å². The molecule has 4 N–H and O–H groups in total. The molecule has 0 saturated carbocycles. The van der Waals surface area contributed by atoms with Crippen LogP contribution in [0.3, 0.4) is 0 Å². The van der Waals surface area contributed by atoms with Crippen LogP contribution in [0.2, 0.25) is 0 Å². The van der Waals surface area contributed by atoms with Gasteiger partial charge in [0.05, 0.1) is 24.0 Å². The fourth-order valence-corrected chi connectivity index (χ4v) is 4.80. The Labute approximate surface area is 193 Å². The Morgan fingerprint density at radius 3 is 2.94 bits per heavy atom. The van der Waals surface area contributed by atoms with E-state index >= 15 is 0 Å². The number of nitrogens with zero attached hydrogens (tertiary/aromatic N) is 3. The lowest BCUT2D eigenvalue weighted by Gasteiger charge is -2.36. The number of benzene rings is 1. The molecular weight excluding hydrogens is 420 g/mol. The van der Waals surface area contributed by atoms with Crippen molar-refractivity contribution in [1.82, 2.24) is 20.0 Å². The zero-order valence-corrected chi connectivity index (χ0v) is 19.2. The summed E-state index contributed by atoms with van der Waals surface area (Å²) in [6.07, 6.45) is 5.80. The molecule has 2 atom stereocenters. The Hall–Kier alpha value is -2.88. The van der Waals surface area contributed by atoms with Gasteiger partial charge in [-0.15, -0.1) is 0 Å². The van der Waals surface area contributed by atoms with Crippen LogP contribution in [0, 0.1) is 0 Å². The number of likely N-dealkylation sites (tertiary alicyclic amines) is 1. The van der Waals surface area contributed by atoms with Crippen LogP contribution < -0.4 is 16.0 Å². The highest BCUT2D eigenvalue weighted by Crippen LogP contribution is 2.38. The Morgan fingerprint density at radius 2 is 2.21 bits per heavy atom. The third kappa shape index (κ3) is 4.48. The smallest absolute Gasteiger partial charge is 0.251 e. The lowest BCUT2D eigenvalue weighted by molar-refractivity contribution is 0.0858. The molecule has 9 nitrogen and oxygen atoms in total.